The van der Waals surface area contributed by atoms with E-state index in [1.807, 2.05) is 0 Å². The molecule has 0 N–H and O–H groups in total. The SMILES string of the molecule is COC(=O)COc1ccc(N(N=O)c2ccc(OC)cc2)cc1. The van der Waals surface area contributed by atoms with E-state index in [0.29, 0.717) is 22.9 Å². The predicted octanol–water partition coefficient (Wildman–Crippen LogP) is 3.07. The van der Waals surface area contributed by atoms with E-state index in [9.17, 15) is 9.70 Å². The number of esters is 1. The highest BCUT2D eigenvalue weighted by Crippen LogP contribution is 2.28. The van der Waals surface area contributed by atoms with Crippen molar-refractivity contribution in [3.05, 3.63) is 53.4 Å². The van der Waals surface area contributed by atoms with Crippen molar-refractivity contribution in [1.82, 2.24) is 0 Å². The molecular weight excluding hydrogens is 300 g/mol. The van der Waals surface area contributed by atoms with Crippen LogP contribution in [0.3, 0.4) is 0 Å². The number of rotatable bonds is 7. The Morgan fingerprint density at radius 3 is 1.91 bits per heavy atom. The minimum atomic E-state index is -0.469. The molecule has 0 aliphatic rings. The first-order valence-electron chi connectivity index (χ1n) is 6.75. The lowest BCUT2D eigenvalue weighted by Crippen LogP contribution is -2.12. The lowest BCUT2D eigenvalue weighted by molar-refractivity contribution is -0.142. The average Bonchev–Trinajstić information content (AvgIpc) is 2.62. The number of carbonyl (C=O) groups excluding carboxylic acids is 1. The Hall–Kier alpha value is -3.09. The number of hydrogen-bond donors (Lipinski definition) is 0. The minimum Gasteiger partial charge on any atom is -0.497 e. The van der Waals surface area contributed by atoms with Crippen LogP contribution in [0, 0.1) is 4.91 Å². The van der Waals surface area contributed by atoms with Crippen molar-refractivity contribution in [2.75, 3.05) is 25.8 Å². The van der Waals surface area contributed by atoms with E-state index in [0.717, 1.165) is 0 Å². The van der Waals surface area contributed by atoms with E-state index in [1.165, 1.54) is 12.1 Å². The highest BCUT2D eigenvalue weighted by molar-refractivity contribution is 5.71. The second-order valence-corrected chi connectivity index (χ2v) is 4.45. The third-order valence-corrected chi connectivity index (χ3v) is 3.06. The molecule has 0 radical (unpaired) electrons. The molecule has 7 heteroatoms. The lowest BCUT2D eigenvalue weighted by Gasteiger charge is -2.16. The summed E-state index contributed by atoms with van der Waals surface area (Å²) in [4.78, 5) is 22.2. The fourth-order valence-corrected chi connectivity index (χ4v) is 1.85. The van der Waals surface area contributed by atoms with Crippen LogP contribution in [0.25, 0.3) is 0 Å². The number of nitrogens with zero attached hydrogens (tertiary/aromatic N) is 2. The summed E-state index contributed by atoms with van der Waals surface area (Å²) in [7, 11) is 2.86. The molecule has 0 amide bonds. The molecule has 2 aromatic carbocycles. The number of methoxy groups -OCH3 is 2. The van der Waals surface area contributed by atoms with Gasteiger partial charge >= 0.3 is 5.97 Å². The molecule has 7 nitrogen and oxygen atoms in total. The molecular formula is C16H16N2O5. The van der Waals surface area contributed by atoms with E-state index < -0.39 is 5.97 Å². The fourth-order valence-electron chi connectivity index (χ4n) is 1.85. The first-order valence-corrected chi connectivity index (χ1v) is 6.75. The average molecular weight is 316 g/mol. The van der Waals surface area contributed by atoms with Crippen LogP contribution in [-0.4, -0.2) is 26.8 Å². The molecule has 120 valence electrons. The van der Waals surface area contributed by atoms with Crippen molar-refractivity contribution < 1.29 is 19.0 Å². The second-order valence-electron chi connectivity index (χ2n) is 4.45. The monoisotopic (exact) mass is 316 g/mol. The van der Waals surface area contributed by atoms with Crippen LogP contribution in [0.1, 0.15) is 0 Å². The summed E-state index contributed by atoms with van der Waals surface area (Å²) in [6.07, 6.45) is 0. The van der Waals surface area contributed by atoms with Gasteiger partial charge in [0.1, 0.15) is 11.5 Å². The third kappa shape index (κ3) is 4.19. The van der Waals surface area contributed by atoms with Crippen molar-refractivity contribution in [3.63, 3.8) is 0 Å². The number of nitroso groups, excluding NO2 is 1. The molecule has 0 aliphatic heterocycles. The van der Waals surface area contributed by atoms with Crippen molar-refractivity contribution >= 4 is 17.3 Å². The summed E-state index contributed by atoms with van der Waals surface area (Å²) in [5.74, 6) is 0.703. The second kappa shape index (κ2) is 7.79. The van der Waals surface area contributed by atoms with Crippen molar-refractivity contribution in [2.24, 2.45) is 5.29 Å². The van der Waals surface area contributed by atoms with Gasteiger partial charge in [0.05, 0.1) is 30.9 Å². The molecule has 0 aliphatic carbocycles. The van der Waals surface area contributed by atoms with Gasteiger partial charge in [-0.15, -0.1) is 4.91 Å². The van der Waals surface area contributed by atoms with Crippen molar-refractivity contribution in [3.8, 4) is 11.5 Å². The maximum atomic E-state index is 11.2. The maximum Gasteiger partial charge on any atom is 0.343 e. The zero-order valence-corrected chi connectivity index (χ0v) is 12.8. The highest BCUT2D eigenvalue weighted by Gasteiger charge is 2.10. The highest BCUT2D eigenvalue weighted by atomic mass is 16.6. The van der Waals surface area contributed by atoms with Gasteiger partial charge in [-0.05, 0) is 48.5 Å². The van der Waals surface area contributed by atoms with E-state index in [2.05, 4.69) is 10.0 Å². The van der Waals surface area contributed by atoms with Crippen LogP contribution in [0.5, 0.6) is 11.5 Å². The molecule has 0 bridgehead atoms. The molecule has 0 fully saturated rings. The maximum absolute atomic E-state index is 11.2. The molecule has 23 heavy (non-hydrogen) atoms. The number of hydrogen-bond acceptors (Lipinski definition) is 6. The number of anilines is 2. The van der Waals surface area contributed by atoms with Crippen LogP contribution in [0.15, 0.2) is 53.8 Å². The van der Waals surface area contributed by atoms with Gasteiger partial charge in [-0.2, -0.15) is 5.01 Å². The predicted molar refractivity (Wildman–Crippen MR) is 84.9 cm³/mol. The molecule has 0 heterocycles. The Labute approximate surface area is 133 Å². The molecule has 0 unspecified atom stereocenters. The van der Waals surface area contributed by atoms with Gasteiger partial charge in [0, 0.05) is 0 Å². The summed E-state index contributed by atoms with van der Waals surface area (Å²) in [5, 5.41) is 4.27. The smallest absolute Gasteiger partial charge is 0.343 e. The standard InChI is InChI=1S/C16H16N2O5/c1-21-14-7-3-12(4-8-14)18(17-20)13-5-9-15(10-6-13)23-11-16(19)22-2/h3-10H,11H2,1-2H3. The molecule has 2 rings (SSSR count). The summed E-state index contributed by atoms with van der Waals surface area (Å²) >= 11 is 0. The van der Waals surface area contributed by atoms with Crippen molar-refractivity contribution in [1.29, 1.82) is 0 Å². The van der Waals surface area contributed by atoms with Crippen molar-refractivity contribution in [2.45, 2.75) is 0 Å². The Morgan fingerprint density at radius 2 is 1.48 bits per heavy atom. The van der Waals surface area contributed by atoms with Gasteiger partial charge in [0.25, 0.3) is 0 Å². The lowest BCUT2D eigenvalue weighted by atomic mass is 10.2. The summed E-state index contributed by atoms with van der Waals surface area (Å²) < 4.78 is 14.8. The Bertz CT molecular complexity index is 655. The molecule has 2 aromatic rings. The first-order chi connectivity index (χ1) is 11.2. The minimum absolute atomic E-state index is 0.177. The van der Waals surface area contributed by atoms with Crippen LogP contribution >= 0.6 is 0 Å². The van der Waals surface area contributed by atoms with Crippen LogP contribution < -0.4 is 14.5 Å². The Balaban J connectivity index is 2.11. The molecule has 0 saturated heterocycles. The molecule has 0 atom stereocenters. The molecule has 0 saturated carbocycles. The summed E-state index contributed by atoms with van der Waals surface area (Å²) in [6.45, 7) is -0.177. The van der Waals surface area contributed by atoms with Gasteiger partial charge in [-0.3, -0.25) is 0 Å². The van der Waals surface area contributed by atoms with Gasteiger partial charge in [-0.1, -0.05) is 0 Å². The van der Waals surface area contributed by atoms with Gasteiger partial charge in [-0.25, -0.2) is 4.79 Å². The normalized spacial score (nSPS) is 9.83. The third-order valence-electron chi connectivity index (χ3n) is 3.06. The van der Waals surface area contributed by atoms with Crippen LogP contribution in [0.4, 0.5) is 11.4 Å². The molecule has 0 aromatic heterocycles. The Morgan fingerprint density at radius 1 is 0.957 bits per heavy atom. The summed E-state index contributed by atoms with van der Waals surface area (Å²) in [5.41, 5.74) is 1.17. The zero-order valence-electron chi connectivity index (χ0n) is 12.8. The van der Waals surface area contributed by atoms with E-state index in [1.54, 1.807) is 55.6 Å². The van der Waals surface area contributed by atoms with E-state index >= 15 is 0 Å². The quantitative estimate of drug-likeness (QED) is 0.444. The van der Waals surface area contributed by atoms with Crippen LogP contribution in [-0.2, 0) is 9.53 Å². The number of ether oxygens (including phenoxy) is 3. The number of carbonyl (C=O) groups is 1. The number of benzene rings is 2. The first kappa shape index (κ1) is 16.3. The zero-order chi connectivity index (χ0) is 16.7. The van der Waals surface area contributed by atoms with Gasteiger partial charge < -0.3 is 14.2 Å². The van der Waals surface area contributed by atoms with Gasteiger partial charge in [0.2, 0.25) is 0 Å². The molecule has 0 spiro atoms. The Kier molecular flexibility index (Phi) is 5.51. The fraction of sp³-hybridized carbons (Fsp3) is 0.188. The summed E-state index contributed by atoms with van der Waals surface area (Å²) in [6, 6.07) is 13.5. The van der Waals surface area contributed by atoms with E-state index in [-0.39, 0.29) is 6.61 Å². The largest absolute Gasteiger partial charge is 0.497 e. The van der Waals surface area contributed by atoms with Gasteiger partial charge in [0.15, 0.2) is 6.61 Å². The topological polar surface area (TPSA) is 77.4 Å². The van der Waals surface area contributed by atoms with Crippen LogP contribution in [0.2, 0.25) is 0 Å². The van der Waals surface area contributed by atoms with E-state index in [4.69, 9.17) is 9.47 Å².